The van der Waals surface area contributed by atoms with Crippen LogP contribution >= 0.6 is 0 Å². The molecule has 0 amide bonds. The van der Waals surface area contributed by atoms with Crippen LogP contribution in [0.5, 0.6) is 0 Å². The fraction of sp³-hybridized carbons (Fsp3) is 0.462. The Kier molecular flexibility index (Phi) is 4.37. The number of ether oxygens (including phenoxy) is 1. The molecule has 0 saturated carbocycles. The molecule has 1 atom stereocenters. The number of hydrogen-bond acceptors (Lipinski definition) is 4. The first kappa shape index (κ1) is 13.4. The van der Waals surface area contributed by atoms with E-state index in [2.05, 4.69) is 4.98 Å². The second-order valence-electron chi connectivity index (χ2n) is 4.43. The van der Waals surface area contributed by atoms with Gasteiger partial charge in [-0.3, -0.25) is 14.6 Å². The summed E-state index contributed by atoms with van der Waals surface area (Å²) in [6.07, 6.45) is 2.23. The van der Waals surface area contributed by atoms with Crippen LogP contribution in [-0.4, -0.2) is 23.8 Å². The van der Waals surface area contributed by atoms with Crippen molar-refractivity contribution in [2.75, 3.05) is 7.11 Å². The number of rotatable bonds is 5. The zero-order valence-corrected chi connectivity index (χ0v) is 10.4. The first-order valence-electron chi connectivity index (χ1n) is 5.46. The van der Waals surface area contributed by atoms with Crippen LogP contribution in [0, 0.1) is 5.41 Å². The van der Waals surface area contributed by atoms with Gasteiger partial charge in [-0.05, 0) is 26.0 Å². The van der Waals surface area contributed by atoms with E-state index in [9.17, 15) is 9.59 Å². The maximum absolute atomic E-state index is 11.8. The molecule has 0 aliphatic rings. The molecule has 0 bridgehead atoms. The Morgan fingerprint density at radius 1 is 1.41 bits per heavy atom. The summed E-state index contributed by atoms with van der Waals surface area (Å²) in [5.74, 6) is -0.410. The largest absolute Gasteiger partial charge is 0.469 e. The third-order valence-electron chi connectivity index (χ3n) is 2.61. The lowest BCUT2D eigenvalue weighted by Crippen LogP contribution is -2.33. The summed E-state index contributed by atoms with van der Waals surface area (Å²) in [5.41, 5.74) is -0.0591. The predicted octanol–water partition coefficient (Wildman–Crippen LogP) is 1.78. The SMILES string of the molecule is COC(=O)[C@](C)(CC(C)=O)Cc1ccccn1. The molecule has 4 nitrogen and oxygen atoms in total. The Balaban J connectivity index is 2.91. The molecule has 0 spiro atoms. The number of ketones is 1. The molecule has 0 N–H and O–H groups in total. The van der Waals surface area contributed by atoms with Crippen LogP contribution in [0.25, 0.3) is 0 Å². The molecule has 1 heterocycles. The molecule has 92 valence electrons. The lowest BCUT2D eigenvalue weighted by molar-refractivity contribution is -0.153. The lowest BCUT2D eigenvalue weighted by Gasteiger charge is -2.24. The summed E-state index contributed by atoms with van der Waals surface area (Å²) >= 11 is 0. The fourth-order valence-corrected chi connectivity index (χ4v) is 1.91. The molecular weight excluding hydrogens is 218 g/mol. The molecule has 0 saturated heterocycles. The molecule has 1 aromatic rings. The minimum atomic E-state index is -0.838. The average molecular weight is 235 g/mol. The number of methoxy groups -OCH3 is 1. The van der Waals surface area contributed by atoms with Gasteiger partial charge in [-0.25, -0.2) is 0 Å². The van der Waals surface area contributed by atoms with E-state index in [-0.39, 0.29) is 18.2 Å². The van der Waals surface area contributed by atoms with Gasteiger partial charge in [-0.15, -0.1) is 0 Å². The summed E-state index contributed by atoms with van der Waals surface area (Å²) in [6.45, 7) is 3.20. The van der Waals surface area contributed by atoms with Gasteiger partial charge in [-0.1, -0.05) is 6.07 Å². The van der Waals surface area contributed by atoms with Gasteiger partial charge in [0.25, 0.3) is 0 Å². The molecule has 1 rings (SSSR count). The Morgan fingerprint density at radius 3 is 2.59 bits per heavy atom. The van der Waals surface area contributed by atoms with Crippen LogP contribution in [0.4, 0.5) is 0 Å². The highest BCUT2D eigenvalue weighted by Crippen LogP contribution is 2.28. The second-order valence-corrected chi connectivity index (χ2v) is 4.43. The van der Waals surface area contributed by atoms with E-state index in [0.29, 0.717) is 6.42 Å². The second kappa shape index (κ2) is 5.57. The molecule has 0 radical (unpaired) electrons. The first-order chi connectivity index (χ1) is 7.98. The van der Waals surface area contributed by atoms with Gasteiger partial charge in [-0.2, -0.15) is 0 Å². The van der Waals surface area contributed by atoms with Crippen LogP contribution in [0.2, 0.25) is 0 Å². The van der Waals surface area contributed by atoms with Crippen LogP contribution in [0.3, 0.4) is 0 Å². The number of carbonyl (C=O) groups excluding carboxylic acids is 2. The molecule has 0 aromatic carbocycles. The zero-order chi connectivity index (χ0) is 12.9. The van der Waals surface area contributed by atoms with E-state index < -0.39 is 5.41 Å². The van der Waals surface area contributed by atoms with Gasteiger partial charge in [0.1, 0.15) is 5.78 Å². The van der Waals surface area contributed by atoms with Crippen molar-refractivity contribution in [1.82, 2.24) is 4.98 Å². The Labute approximate surface area is 101 Å². The van der Waals surface area contributed by atoms with Crippen molar-refractivity contribution in [3.8, 4) is 0 Å². The molecule has 0 aliphatic heterocycles. The molecular formula is C13H17NO3. The highest BCUT2D eigenvalue weighted by Gasteiger charge is 2.36. The predicted molar refractivity (Wildman–Crippen MR) is 63.4 cm³/mol. The van der Waals surface area contributed by atoms with Crippen molar-refractivity contribution in [1.29, 1.82) is 0 Å². The van der Waals surface area contributed by atoms with E-state index in [1.807, 2.05) is 18.2 Å². The summed E-state index contributed by atoms with van der Waals surface area (Å²) in [7, 11) is 1.33. The van der Waals surface area contributed by atoms with Crippen LogP contribution in [0.1, 0.15) is 26.0 Å². The molecule has 1 aromatic heterocycles. The number of carbonyl (C=O) groups is 2. The molecule has 0 unspecified atom stereocenters. The van der Waals surface area contributed by atoms with Gasteiger partial charge < -0.3 is 4.74 Å². The number of Topliss-reactive ketones (excluding diaryl/α,β-unsaturated/α-hetero) is 1. The van der Waals surface area contributed by atoms with Crippen molar-refractivity contribution >= 4 is 11.8 Å². The van der Waals surface area contributed by atoms with E-state index in [4.69, 9.17) is 4.74 Å². The smallest absolute Gasteiger partial charge is 0.312 e. The first-order valence-corrected chi connectivity index (χ1v) is 5.46. The maximum atomic E-state index is 11.8. The zero-order valence-electron chi connectivity index (χ0n) is 10.4. The van der Waals surface area contributed by atoms with Crippen LogP contribution in [0.15, 0.2) is 24.4 Å². The van der Waals surface area contributed by atoms with E-state index >= 15 is 0 Å². The standard InChI is InChI=1S/C13H17NO3/c1-10(15)8-13(2,12(16)17-3)9-11-6-4-5-7-14-11/h4-7H,8-9H2,1-3H3/t13-/m1/s1. The van der Waals surface area contributed by atoms with Gasteiger partial charge in [0.15, 0.2) is 0 Å². The third-order valence-corrected chi connectivity index (χ3v) is 2.61. The van der Waals surface area contributed by atoms with Crippen molar-refractivity contribution in [2.45, 2.75) is 26.7 Å². The van der Waals surface area contributed by atoms with Crippen LogP contribution in [-0.2, 0) is 20.7 Å². The number of esters is 1. The minimum Gasteiger partial charge on any atom is -0.469 e. The number of nitrogens with zero attached hydrogens (tertiary/aromatic N) is 1. The third kappa shape index (κ3) is 3.66. The highest BCUT2D eigenvalue weighted by molar-refractivity contribution is 5.85. The Hall–Kier alpha value is -1.71. The number of pyridine rings is 1. The number of hydrogen-bond donors (Lipinski definition) is 0. The van der Waals surface area contributed by atoms with E-state index in [1.54, 1.807) is 13.1 Å². The molecule has 0 fully saturated rings. The van der Waals surface area contributed by atoms with Crippen molar-refractivity contribution in [2.24, 2.45) is 5.41 Å². The monoisotopic (exact) mass is 235 g/mol. The van der Waals surface area contributed by atoms with Gasteiger partial charge in [0.05, 0.1) is 12.5 Å². The normalized spacial score (nSPS) is 13.8. The average Bonchev–Trinajstić information content (AvgIpc) is 2.28. The lowest BCUT2D eigenvalue weighted by atomic mass is 9.80. The maximum Gasteiger partial charge on any atom is 0.312 e. The quantitative estimate of drug-likeness (QED) is 0.730. The van der Waals surface area contributed by atoms with Gasteiger partial charge in [0.2, 0.25) is 0 Å². The van der Waals surface area contributed by atoms with Crippen molar-refractivity contribution < 1.29 is 14.3 Å². The minimum absolute atomic E-state index is 0.0335. The Morgan fingerprint density at radius 2 is 2.12 bits per heavy atom. The van der Waals surface area contributed by atoms with Gasteiger partial charge in [0, 0.05) is 24.7 Å². The van der Waals surface area contributed by atoms with E-state index in [1.165, 1.54) is 14.0 Å². The van der Waals surface area contributed by atoms with Crippen molar-refractivity contribution in [3.63, 3.8) is 0 Å². The highest BCUT2D eigenvalue weighted by atomic mass is 16.5. The number of aromatic nitrogens is 1. The topological polar surface area (TPSA) is 56.3 Å². The summed E-state index contributed by atoms with van der Waals surface area (Å²) in [5, 5.41) is 0. The summed E-state index contributed by atoms with van der Waals surface area (Å²) in [6, 6.07) is 5.50. The van der Waals surface area contributed by atoms with Crippen molar-refractivity contribution in [3.05, 3.63) is 30.1 Å². The molecule has 17 heavy (non-hydrogen) atoms. The fourth-order valence-electron chi connectivity index (χ4n) is 1.91. The summed E-state index contributed by atoms with van der Waals surface area (Å²) in [4.78, 5) is 27.2. The molecule has 4 heteroatoms. The van der Waals surface area contributed by atoms with E-state index in [0.717, 1.165) is 5.69 Å². The Bertz CT molecular complexity index is 402. The van der Waals surface area contributed by atoms with Gasteiger partial charge >= 0.3 is 5.97 Å². The molecule has 0 aliphatic carbocycles. The van der Waals surface area contributed by atoms with Crippen LogP contribution < -0.4 is 0 Å². The summed E-state index contributed by atoms with van der Waals surface area (Å²) < 4.78 is 4.77.